The molecule has 1 aliphatic rings. The van der Waals surface area contributed by atoms with Crippen molar-refractivity contribution < 1.29 is 12.8 Å². The number of imidazole rings is 2. The van der Waals surface area contributed by atoms with E-state index in [-0.39, 0.29) is 17.8 Å². The second-order valence-electron chi connectivity index (χ2n) is 8.87. The summed E-state index contributed by atoms with van der Waals surface area (Å²) in [5.74, 6) is -0.380. The molecule has 3 heterocycles. The summed E-state index contributed by atoms with van der Waals surface area (Å²) in [6, 6.07) is 12.0. The lowest BCUT2D eigenvalue weighted by Gasteiger charge is -2.26. The van der Waals surface area contributed by atoms with Gasteiger partial charge in [0, 0.05) is 17.2 Å². The number of aromatic nitrogens is 4. The number of nitrogen functional groups attached to an aromatic ring is 1. The fourth-order valence-corrected chi connectivity index (χ4v) is 5.67. The first-order valence-corrected chi connectivity index (χ1v) is 12.8. The quantitative estimate of drug-likeness (QED) is 0.448. The first-order chi connectivity index (χ1) is 16.3. The van der Waals surface area contributed by atoms with E-state index in [4.69, 9.17) is 10.7 Å². The van der Waals surface area contributed by atoms with Crippen LogP contribution in [0.25, 0.3) is 33.5 Å². The van der Waals surface area contributed by atoms with Gasteiger partial charge in [0.1, 0.15) is 5.82 Å². The van der Waals surface area contributed by atoms with Crippen LogP contribution in [0.4, 0.5) is 10.3 Å². The Morgan fingerprint density at radius 2 is 1.76 bits per heavy atom. The first-order valence-electron chi connectivity index (χ1n) is 11.3. The largest absolute Gasteiger partial charge is 0.368 e. The van der Waals surface area contributed by atoms with Gasteiger partial charge in [0.05, 0.1) is 34.0 Å². The maximum atomic E-state index is 13.6. The monoisotopic (exact) mass is 482 g/mol. The molecule has 0 amide bonds. The molecule has 0 bridgehead atoms. The van der Waals surface area contributed by atoms with Crippen LogP contribution in [-0.2, 0) is 10.0 Å². The van der Waals surface area contributed by atoms with Gasteiger partial charge in [-0.15, -0.1) is 0 Å². The van der Waals surface area contributed by atoms with E-state index < -0.39 is 15.3 Å². The third-order valence-corrected chi connectivity index (χ3v) is 8.46. The van der Waals surface area contributed by atoms with Crippen molar-refractivity contribution in [1.29, 1.82) is 0 Å². The Labute approximate surface area is 197 Å². The molecule has 1 saturated heterocycles. The van der Waals surface area contributed by atoms with Crippen LogP contribution in [0, 0.1) is 5.82 Å². The molecule has 0 spiro atoms. The number of piperidine rings is 1. The van der Waals surface area contributed by atoms with Gasteiger partial charge in [-0.2, -0.15) is 0 Å². The fourth-order valence-electron chi connectivity index (χ4n) is 4.53. The number of rotatable bonds is 5. The minimum Gasteiger partial charge on any atom is -0.368 e. The number of fused-ring (bicyclic) bond motifs is 1. The molecular formula is C24H27FN6O2S. The maximum absolute atomic E-state index is 13.6. The second-order valence-corrected chi connectivity index (χ2v) is 11.2. The molecule has 8 nitrogen and oxygen atoms in total. The lowest BCUT2D eigenvalue weighted by Crippen LogP contribution is -2.29. The Morgan fingerprint density at radius 1 is 1.09 bits per heavy atom. The molecule has 0 saturated carbocycles. The van der Waals surface area contributed by atoms with Gasteiger partial charge in [0.2, 0.25) is 16.0 Å². The van der Waals surface area contributed by atoms with Crippen LogP contribution in [0.3, 0.4) is 0 Å². The molecule has 4 aromatic rings. The SMILES string of the molecule is CC(C)S(=O)(=O)n1c(N)nc2ccc(-c3c(-c4ccc(F)cc4)ncn3C3CCNCC3)cc21. The Kier molecular flexibility index (Phi) is 5.65. The molecule has 2 aromatic heterocycles. The molecule has 1 fully saturated rings. The lowest BCUT2D eigenvalue weighted by atomic mass is 10.0. The summed E-state index contributed by atoms with van der Waals surface area (Å²) in [7, 11) is -3.72. The first kappa shape index (κ1) is 22.5. The van der Waals surface area contributed by atoms with Crippen LogP contribution in [0.5, 0.6) is 0 Å². The summed E-state index contributed by atoms with van der Waals surface area (Å²) < 4.78 is 43.0. The predicted octanol–water partition coefficient (Wildman–Crippen LogP) is 3.80. The van der Waals surface area contributed by atoms with Gasteiger partial charge in [-0.3, -0.25) is 0 Å². The van der Waals surface area contributed by atoms with Crippen molar-refractivity contribution >= 4 is 27.0 Å². The van der Waals surface area contributed by atoms with E-state index in [0.717, 1.165) is 46.7 Å². The molecule has 178 valence electrons. The van der Waals surface area contributed by atoms with Gasteiger partial charge in [-0.05, 0) is 76.2 Å². The molecule has 2 aromatic carbocycles. The number of hydrogen-bond acceptors (Lipinski definition) is 6. The summed E-state index contributed by atoms with van der Waals surface area (Å²) in [5, 5.41) is 2.72. The Bertz CT molecular complexity index is 1450. The highest BCUT2D eigenvalue weighted by molar-refractivity contribution is 7.90. The van der Waals surface area contributed by atoms with Crippen LogP contribution in [0.15, 0.2) is 48.8 Å². The van der Waals surface area contributed by atoms with Gasteiger partial charge in [-0.25, -0.2) is 26.7 Å². The molecule has 10 heteroatoms. The van der Waals surface area contributed by atoms with Crippen molar-refractivity contribution in [2.45, 2.75) is 38.0 Å². The molecule has 3 N–H and O–H groups in total. The zero-order chi connectivity index (χ0) is 24.0. The third-order valence-electron chi connectivity index (χ3n) is 6.37. The van der Waals surface area contributed by atoms with Crippen LogP contribution in [0.1, 0.15) is 32.7 Å². The number of nitrogens with two attached hydrogens (primary N) is 1. The summed E-state index contributed by atoms with van der Waals surface area (Å²) in [5.41, 5.74) is 10.1. The molecular weight excluding hydrogens is 455 g/mol. The van der Waals surface area contributed by atoms with Crippen molar-refractivity contribution in [2.24, 2.45) is 0 Å². The number of halogens is 1. The Morgan fingerprint density at radius 3 is 2.44 bits per heavy atom. The molecule has 0 aliphatic carbocycles. The van der Waals surface area contributed by atoms with E-state index in [1.807, 2.05) is 12.4 Å². The zero-order valence-corrected chi connectivity index (χ0v) is 19.9. The van der Waals surface area contributed by atoms with Crippen LogP contribution in [-0.4, -0.2) is 45.3 Å². The Hall–Kier alpha value is -3.24. The fraction of sp³-hybridized carbons (Fsp3) is 0.333. The van der Waals surface area contributed by atoms with Gasteiger partial charge in [-0.1, -0.05) is 6.07 Å². The van der Waals surface area contributed by atoms with E-state index in [1.54, 1.807) is 38.1 Å². The highest BCUT2D eigenvalue weighted by Gasteiger charge is 2.27. The second kappa shape index (κ2) is 8.52. The molecule has 5 rings (SSSR count). The zero-order valence-electron chi connectivity index (χ0n) is 19.1. The number of nitrogens with one attached hydrogen (secondary N) is 1. The Balaban J connectivity index is 1.74. The van der Waals surface area contributed by atoms with Gasteiger partial charge in [0.25, 0.3) is 0 Å². The molecule has 0 atom stereocenters. The van der Waals surface area contributed by atoms with Crippen LogP contribution in [0.2, 0.25) is 0 Å². The van der Waals surface area contributed by atoms with E-state index in [0.29, 0.717) is 16.7 Å². The number of nitrogens with zero attached hydrogens (tertiary/aromatic N) is 4. The number of benzene rings is 2. The normalized spacial score (nSPS) is 15.4. The minimum absolute atomic E-state index is 0.0635. The summed E-state index contributed by atoms with van der Waals surface area (Å²) in [6.45, 7) is 5.04. The van der Waals surface area contributed by atoms with Crippen LogP contribution < -0.4 is 11.1 Å². The summed E-state index contributed by atoms with van der Waals surface area (Å²) in [6.07, 6.45) is 3.72. The van der Waals surface area contributed by atoms with Gasteiger partial charge in [0.15, 0.2) is 0 Å². The topological polar surface area (TPSA) is 108 Å². The molecule has 0 unspecified atom stereocenters. The average molecular weight is 483 g/mol. The van der Waals surface area contributed by atoms with Crippen molar-refractivity contribution in [3.05, 3.63) is 54.6 Å². The maximum Gasteiger partial charge on any atom is 0.244 e. The van der Waals surface area contributed by atoms with Crippen molar-refractivity contribution in [1.82, 2.24) is 23.8 Å². The molecule has 0 radical (unpaired) electrons. The van der Waals surface area contributed by atoms with Crippen molar-refractivity contribution in [3.63, 3.8) is 0 Å². The molecule has 34 heavy (non-hydrogen) atoms. The number of anilines is 1. The van der Waals surface area contributed by atoms with E-state index >= 15 is 0 Å². The third kappa shape index (κ3) is 3.76. The van der Waals surface area contributed by atoms with Crippen molar-refractivity contribution in [2.75, 3.05) is 18.8 Å². The number of hydrogen-bond donors (Lipinski definition) is 2. The predicted molar refractivity (Wildman–Crippen MR) is 131 cm³/mol. The highest BCUT2D eigenvalue weighted by atomic mass is 32.2. The van der Waals surface area contributed by atoms with Crippen molar-refractivity contribution in [3.8, 4) is 22.5 Å². The van der Waals surface area contributed by atoms with Gasteiger partial charge >= 0.3 is 0 Å². The average Bonchev–Trinajstić information content (AvgIpc) is 3.40. The standard InChI is InChI=1S/C24H27FN6O2S/c1-15(2)34(32,33)31-21-13-17(5-8-20(21)29-24(31)26)23-22(16-3-6-18(25)7-4-16)28-14-30(23)19-9-11-27-12-10-19/h3-8,13-15,19,27H,9-12H2,1-2H3,(H2,26,29). The van der Waals surface area contributed by atoms with E-state index in [2.05, 4.69) is 14.9 Å². The summed E-state index contributed by atoms with van der Waals surface area (Å²) >= 11 is 0. The summed E-state index contributed by atoms with van der Waals surface area (Å²) in [4.78, 5) is 8.98. The lowest BCUT2D eigenvalue weighted by molar-refractivity contribution is 0.370. The molecule has 1 aliphatic heterocycles. The van der Waals surface area contributed by atoms with E-state index in [1.165, 1.54) is 12.1 Å². The highest BCUT2D eigenvalue weighted by Crippen LogP contribution is 2.37. The smallest absolute Gasteiger partial charge is 0.244 e. The van der Waals surface area contributed by atoms with Gasteiger partial charge < -0.3 is 15.6 Å². The minimum atomic E-state index is -3.72. The van der Waals surface area contributed by atoms with Crippen LogP contribution >= 0.6 is 0 Å². The van der Waals surface area contributed by atoms with E-state index in [9.17, 15) is 12.8 Å².